The molecule has 1 aliphatic heterocycles. The second-order valence-electron chi connectivity index (χ2n) is 6.19. The molecule has 0 bridgehead atoms. The summed E-state index contributed by atoms with van der Waals surface area (Å²) in [6.45, 7) is 4.07. The zero-order valence-corrected chi connectivity index (χ0v) is 11.3. The lowest BCUT2D eigenvalue weighted by Crippen LogP contribution is -2.69. The van der Waals surface area contributed by atoms with Crippen LogP contribution in [-0.2, 0) is 0 Å². The summed E-state index contributed by atoms with van der Waals surface area (Å²) in [5.74, 6) is 1.87. The molecule has 19 heavy (non-hydrogen) atoms. The molecule has 3 heteroatoms. The number of benzene rings is 1. The van der Waals surface area contributed by atoms with Crippen molar-refractivity contribution in [1.82, 2.24) is 4.98 Å². The van der Waals surface area contributed by atoms with Gasteiger partial charge in [0.15, 0.2) is 0 Å². The van der Waals surface area contributed by atoms with Gasteiger partial charge in [-0.2, -0.15) is 0 Å². The molecule has 98 valence electrons. The zero-order chi connectivity index (χ0) is 13.0. The molecular formula is C16H19N3. The van der Waals surface area contributed by atoms with Gasteiger partial charge in [-0.3, -0.25) is 0 Å². The van der Waals surface area contributed by atoms with Crippen molar-refractivity contribution in [3.8, 4) is 0 Å². The molecular weight excluding hydrogens is 234 g/mol. The van der Waals surface area contributed by atoms with Crippen LogP contribution in [0.2, 0.25) is 0 Å². The monoisotopic (exact) mass is 253 g/mol. The summed E-state index contributed by atoms with van der Waals surface area (Å²) in [5.41, 5.74) is 8.80. The molecule has 3 nitrogen and oxygen atoms in total. The molecule has 2 aromatic rings. The van der Waals surface area contributed by atoms with Crippen LogP contribution in [0.5, 0.6) is 0 Å². The van der Waals surface area contributed by atoms with Gasteiger partial charge in [-0.25, -0.2) is 4.98 Å². The van der Waals surface area contributed by atoms with Gasteiger partial charge in [-0.15, -0.1) is 0 Å². The molecule has 1 saturated carbocycles. The molecule has 2 heterocycles. The van der Waals surface area contributed by atoms with Crippen LogP contribution in [0.25, 0.3) is 10.9 Å². The first-order chi connectivity index (χ1) is 9.16. The lowest BCUT2D eigenvalue weighted by atomic mass is 9.85. The van der Waals surface area contributed by atoms with Crippen LogP contribution in [-0.4, -0.2) is 23.6 Å². The summed E-state index contributed by atoms with van der Waals surface area (Å²) < 4.78 is 0. The Morgan fingerprint density at radius 1 is 1.26 bits per heavy atom. The van der Waals surface area contributed by atoms with E-state index in [0.717, 1.165) is 30.3 Å². The Bertz CT molecular complexity index is 639. The summed E-state index contributed by atoms with van der Waals surface area (Å²) in [6.07, 6.45) is 2.63. The van der Waals surface area contributed by atoms with Gasteiger partial charge in [0.2, 0.25) is 0 Å². The maximum Gasteiger partial charge on any atom is 0.132 e. The average molecular weight is 253 g/mol. The highest BCUT2D eigenvalue weighted by Crippen LogP contribution is 2.44. The van der Waals surface area contributed by atoms with Gasteiger partial charge in [-0.05, 0) is 43.4 Å². The summed E-state index contributed by atoms with van der Waals surface area (Å²) in [5, 5.41) is 1.21. The van der Waals surface area contributed by atoms with Gasteiger partial charge in [0.1, 0.15) is 5.82 Å². The molecule has 0 unspecified atom stereocenters. The normalized spacial score (nSPS) is 21.5. The van der Waals surface area contributed by atoms with Gasteiger partial charge >= 0.3 is 0 Å². The molecule has 1 aromatic carbocycles. The minimum absolute atomic E-state index is 0.0553. The number of nitrogens with zero attached hydrogens (tertiary/aromatic N) is 2. The van der Waals surface area contributed by atoms with Gasteiger partial charge in [0.25, 0.3) is 0 Å². The Morgan fingerprint density at radius 3 is 2.74 bits per heavy atom. The number of hydrogen-bond donors (Lipinski definition) is 1. The largest absolute Gasteiger partial charge is 0.353 e. The first kappa shape index (κ1) is 11.2. The molecule has 1 saturated heterocycles. The van der Waals surface area contributed by atoms with E-state index >= 15 is 0 Å². The summed E-state index contributed by atoms with van der Waals surface area (Å²) >= 11 is 0. The highest BCUT2D eigenvalue weighted by Gasteiger charge is 2.50. The Balaban J connectivity index is 1.66. The van der Waals surface area contributed by atoms with Crippen LogP contribution < -0.4 is 10.6 Å². The third-order valence-electron chi connectivity index (χ3n) is 4.55. The number of rotatable bonds is 2. The second-order valence-corrected chi connectivity index (χ2v) is 6.19. The lowest BCUT2D eigenvalue weighted by molar-refractivity contribution is 0.289. The number of aryl methyl sites for hydroxylation is 1. The van der Waals surface area contributed by atoms with Crippen LogP contribution >= 0.6 is 0 Å². The fourth-order valence-electron chi connectivity index (χ4n) is 3.26. The van der Waals surface area contributed by atoms with Crippen molar-refractivity contribution in [2.45, 2.75) is 25.3 Å². The van der Waals surface area contributed by atoms with Crippen molar-refractivity contribution in [3.05, 3.63) is 35.9 Å². The quantitative estimate of drug-likeness (QED) is 0.894. The van der Waals surface area contributed by atoms with E-state index in [1.54, 1.807) is 0 Å². The molecule has 0 spiro atoms. The fraction of sp³-hybridized carbons (Fsp3) is 0.438. The van der Waals surface area contributed by atoms with Crippen LogP contribution in [0.3, 0.4) is 0 Å². The van der Waals surface area contributed by atoms with E-state index in [-0.39, 0.29) is 5.54 Å². The number of fused-ring (bicyclic) bond motifs is 1. The SMILES string of the molecule is Cc1cc2ccccc2nc1N1CC(N)(C2CC2)C1. The van der Waals surface area contributed by atoms with Gasteiger partial charge < -0.3 is 10.6 Å². The molecule has 0 atom stereocenters. The predicted molar refractivity (Wildman–Crippen MR) is 78.3 cm³/mol. The summed E-state index contributed by atoms with van der Waals surface area (Å²) in [6, 6.07) is 10.5. The molecule has 0 amide bonds. The molecule has 1 aromatic heterocycles. The minimum Gasteiger partial charge on any atom is -0.353 e. The molecule has 0 radical (unpaired) electrons. The van der Waals surface area contributed by atoms with E-state index in [1.807, 2.05) is 6.07 Å². The first-order valence-corrected chi connectivity index (χ1v) is 7.06. The summed E-state index contributed by atoms with van der Waals surface area (Å²) in [7, 11) is 0. The molecule has 2 fully saturated rings. The van der Waals surface area contributed by atoms with E-state index in [1.165, 1.54) is 23.8 Å². The van der Waals surface area contributed by atoms with Gasteiger partial charge in [-0.1, -0.05) is 18.2 Å². The van der Waals surface area contributed by atoms with Crippen molar-refractivity contribution in [2.24, 2.45) is 11.7 Å². The highest BCUT2D eigenvalue weighted by atomic mass is 15.3. The van der Waals surface area contributed by atoms with E-state index in [4.69, 9.17) is 10.7 Å². The minimum atomic E-state index is 0.0553. The van der Waals surface area contributed by atoms with Crippen LogP contribution in [0, 0.1) is 12.8 Å². The average Bonchev–Trinajstić information content (AvgIpc) is 3.19. The smallest absolute Gasteiger partial charge is 0.132 e. The number of para-hydroxylation sites is 1. The third-order valence-corrected chi connectivity index (χ3v) is 4.55. The van der Waals surface area contributed by atoms with Crippen LogP contribution in [0.4, 0.5) is 5.82 Å². The molecule has 1 aliphatic carbocycles. The van der Waals surface area contributed by atoms with Gasteiger partial charge in [0.05, 0.1) is 11.1 Å². The molecule has 2 N–H and O–H groups in total. The van der Waals surface area contributed by atoms with Crippen molar-refractivity contribution < 1.29 is 0 Å². The van der Waals surface area contributed by atoms with Crippen molar-refractivity contribution in [2.75, 3.05) is 18.0 Å². The Labute approximate surface area is 113 Å². The molecule has 2 aliphatic rings. The lowest BCUT2D eigenvalue weighted by Gasteiger charge is -2.49. The predicted octanol–water partition coefficient (Wildman–Crippen LogP) is 2.47. The van der Waals surface area contributed by atoms with E-state index in [9.17, 15) is 0 Å². The van der Waals surface area contributed by atoms with Gasteiger partial charge in [0, 0.05) is 18.5 Å². The molecule has 4 rings (SSSR count). The number of nitrogens with two attached hydrogens (primary N) is 1. The van der Waals surface area contributed by atoms with Crippen molar-refractivity contribution in [1.29, 1.82) is 0 Å². The zero-order valence-electron chi connectivity index (χ0n) is 11.3. The van der Waals surface area contributed by atoms with Crippen LogP contribution in [0.15, 0.2) is 30.3 Å². The van der Waals surface area contributed by atoms with E-state index < -0.39 is 0 Å². The number of hydrogen-bond acceptors (Lipinski definition) is 3. The maximum absolute atomic E-state index is 6.43. The number of aromatic nitrogens is 1. The topological polar surface area (TPSA) is 42.2 Å². The van der Waals surface area contributed by atoms with Crippen molar-refractivity contribution in [3.63, 3.8) is 0 Å². The maximum atomic E-state index is 6.43. The van der Waals surface area contributed by atoms with E-state index in [0.29, 0.717) is 0 Å². The highest BCUT2D eigenvalue weighted by molar-refractivity contribution is 5.82. The third kappa shape index (κ3) is 1.72. The Kier molecular flexibility index (Phi) is 2.19. The second kappa shape index (κ2) is 3.70. The van der Waals surface area contributed by atoms with Crippen LogP contribution in [0.1, 0.15) is 18.4 Å². The first-order valence-electron chi connectivity index (χ1n) is 7.06. The standard InChI is InChI=1S/C16H19N3/c1-11-8-12-4-2-3-5-14(12)18-15(11)19-9-16(17,10-19)13-6-7-13/h2-5,8,13H,6-7,9-10,17H2,1H3. The Hall–Kier alpha value is -1.61. The van der Waals surface area contributed by atoms with E-state index in [2.05, 4.69) is 36.1 Å². The fourth-order valence-corrected chi connectivity index (χ4v) is 3.26. The van der Waals surface area contributed by atoms with Crippen molar-refractivity contribution >= 4 is 16.7 Å². The number of anilines is 1. The summed E-state index contributed by atoms with van der Waals surface area (Å²) in [4.78, 5) is 7.15. The number of pyridine rings is 1. The Morgan fingerprint density at radius 2 is 2.00 bits per heavy atom.